The first kappa shape index (κ1) is 11.6. The van der Waals surface area contributed by atoms with E-state index in [2.05, 4.69) is 4.98 Å². The number of nitrogen functional groups attached to an aromatic ring is 1. The van der Waals surface area contributed by atoms with Crippen LogP contribution >= 0.6 is 0 Å². The molecule has 0 fully saturated rings. The van der Waals surface area contributed by atoms with Crippen molar-refractivity contribution in [1.82, 2.24) is 9.55 Å². The molecule has 0 saturated heterocycles. The Kier molecular flexibility index (Phi) is 2.83. The van der Waals surface area contributed by atoms with Crippen LogP contribution in [-0.4, -0.2) is 16.2 Å². The molecule has 1 aromatic heterocycles. The van der Waals surface area contributed by atoms with Crippen molar-refractivity contribution in [2.45, 2.75) is 6.92 Å². The number of benzene rings is 2. The summed E-state index contributed by atoms with van der Waals surface area (Å²) in [5.74, 6) is 1.31. The Labute approximate surface area is 111 Å². The van der Waals surface area contributed by atoms with Gasteiger partial charge in [-0.15, -0.1) is 0 Å². The number of nitrogens with two attached hydrogens (primary N) is 1. The van der Waals surface area contributed by atoms with E-state index in [1.165, 1.54) is 0 Å². The third-order valence-electron chi connectivity index (χ3n) is 2.97. The van der Waals surface area contributed by atoms with Crippen molar-refractivity contribution in [2.75, 3.05) is 12.3 Å². The second kappa shape index (κ2) is 4.65. The molecular formula is C15H15N3O. The van der Waals surface area contributed by atoms with E-state index in [0.29, 0.717) is 12.6 Å². The van der Waals surface area contributed by atoms with Gasteiger partial charge in [0.25, 0.3) is 0 Å². The maximum atomic E-state index is 6.02. The van der Waals surface area contributed by atoms with E-state index in [1.807, 2.05) is 60.0 Å². The van der Waals surface area contributed by atoms with E-state index in [1.54, 1.807) is 0 Å². The zero-order valence-electron chi connectivity index (χ0n) is 10.7. The standard InChI is InChI=1S/C15H15N3O/c1-2-19-12-7-5-6-11(10-12)18-14-9-4-3-8-13(14)17-15(18)16/h3-10H,2H2,1H3,(H2,16,17). The molecule has 0 amide bonds. The van der Waals surface area contributed by atoms with E-state index < -0.39 is 0 Å². The van der Waals surface area contributed by atoms with Crippen LogP contribution in [0.25, 0.3) is 16.7 Å². The molecule has 0 aliphatic carbocycles. The van der Waals surface area contributed by atoms with Gasteiger partial charge in [0, 0.05) is 6.07 Å². The molecule has 2 aromatic carbocycles. The van der Waals surface area contributed by atoms with Gasteiger partial charge in [-0.3, -0.25) is 4.57 Å². The lowest BCUT2D eigenvalue weighted by molar-refractivity contribution is 0.340. The Bertz CT molecular complexity index is 718. The molecule has 0 bridgehead atoms. The van der Waals surface area contributed by atoms with Gasteiger partial charge in [-0.1, -0.05) is 18.2 Å². The predicted octanol–water partition coefficient (Wildman–Crippen LogP) is 3.01. The van der Waals surface area contributed by atoms with E-state index in [4.69, 9.17) is 10.5 Å². The van der Waals surface area contributed by atoms with Crippen LogP contribution < -0.4 is 10.5 Å². The Morgan fingerprint density at radius 3 is 2.84 bits per heavy atom. The minimum absolute atomic E-state index is 0.481. The van der Waals surface area contributed by atoms with Gasteiger partial charge in [-0.25, -0.2) is 4.98 Å². The second-order valence-electron chi connectivity index (χ2n) is 4.22. The highest BCUT2D eigenvalue weighted by Crippen LogP contribution is 2.25. The molecule has 2 N–H and O–H groups in total. The maximum absolute atomic E-state index is 6.02. The SMILES string of the molecule is CCOc1cccc(-n2c(N)nc3ccccc32)c1. The number of hydrogen-bond acceptors (Lipinski definition) is 3. The van der Waals surface area contributed by atoms with Crippen LogP contribution in [0.2, 0.25) is 0 Å². The average molecular weight is 253 g/mol. The van der Waals surface area contributed by atoms with Crippen LogP contribution in [0.4, 0.5) is 5.95 Å². The fourth-order valence-corrected chi connectivity index (χ4v) is 2.20. The molecule has 19 heavy (non-hydrogen) atoms. The monoisotopic (exact) mass is 253 g/mol. The van der Waals surface area contributed by atoms with Crippen LogP contribution in [0.5, 0.6) is 5.75 Å². The third kappa shape index (κ3) is 2.01. The molecule has 0 aliphatic rings. The highest BCUT2D eigenvalue weighted by atomic mass is 16.5. The molecule has 0 spiro atoms. The van der Waals surface area contributed by atoms with Gasteiger partial charge < -0.3 is 10.5 Å². The lowest BCUT2D eigenvalue weighted by Crippen LogP contribution is -2.01. The molecule has 0 radical (unpaired) electrons. The van der Waals surface area contributed by atoms with Crippen molar-refractivity contribution in [2.24, 2.45) is 0 Å². The summed E-state index contributed by atoms with van der Waals surface area (Å²) in [6.45, 7) is 2.61. The Hall–Kier alpha value is -2.49. The summed E-state index contributed by atoms with van der Waals surface area (Å²) in [7, 11) is 0. The number of aromatic nitrogens is 2. The largest absolute Gasteiger partial charge is 0.494 e. The van der Waals surface area contributed by atoms with Crippen molar-refractivity contribution in [3.05, 3.63) is 48.5 Å². The van der Waals surface area contributed by atoms with Crippen LogP contribution in [0.1, 0.15) is 6.92 Å². The molecule has 0 unspecified atom stereocenters. The lowest BCUT2D eigenvalue weighted by Gasteiger charge is -2.09. The van der Waals surface area contributed by atoms with E-state index in [9.17, 15) is 0 Å². The van der Waals surface area contributed by atoms with Crippen LogP contribution in [0.15, 0.2) is 48.5 Å². The van der Waals surface area contributed by atoms with Crippen LogP contribution in [-0.2, 0) is 0 Å². The molecule has 0 aliphatic heterocycles. The van der Waals surface area contributed by atoms with Crippen LogP contribution in [0.3, 0.4) is 0 Å². The molecule has 3 rings (SSSR count). The fourth-order valence-electron chi connectivity index (χ4n) is 2.20. The van der Waals surface area contributed by atoms with Crippen molar-refractivity contribution in [3.8, 4) is 11.4 Å². The summed E-state index contributed by atoms with van der Waals surface area (Å²) in [6, 6.07) is 15.7. The number of rotatable bonds is 3. The number of hydrogen-bond donors (Lipinski definition) is 1. The summed E-state index contributed by atoms with van der Waals surface area (Å²) < 4.78 is 7.45. The molecule has 3 aromatic rings. The van der Waals surface area contributed by atoms with Crippen molar-refractivity contribution in [1.29, 1.82) is 0 Å². The first-order chi connectivity index (χ1) is 9.29. The smallest absolute Gasteiger partial charge is 0.205 e. The average Bonchev–Trinajstić information content (AvgIpc) is 2.75. The predicted molar refractivity (Wildman–Crippen MR) is 76.7 cm³/mol. The molecule has 4 nitrogen and oxygen atoms in total. The number of imidazole rings is 1. The summed E-state index contributed by atoms with van der Waals surface area (Å²) in [5, 5.41) is 0. The van der Waals surface area contributed by atoms with E-state index in [-0.39, 0.29) is 0 Å². The van der Waals surface area contributed by atoms with E-state index >= 15 is 0 Å². The van der Waals surface area contributed by atoms with Gasteiger partial charge >= 0.3 is 0 Å². The molecular weight excluding hydrogens is 238 g/mol. The maximum Gasteiger partial charge on any atom is 0.205 e. The molecule has 1 heterocycles. The highest BCUT2D eigenvalue weighted by molar-refractivity contribution is 5.80. The third-order valence-corrected chi connectivity index (χ3v) is 2.97. The minimum atomic E-state index is 0.481. The Balaban J connectivity index is 2.18. The first-order valence-electron chi connectivity index (χ1n) is 6.26. The normalized spacial score (nSPS) is 10.8. The van der Waals surface area contributed by atoms with Crippen molar-refractivity contribution in [3.63, 3.8) is 0 Å². The summed E-state index contributed by atoms with van der Waals surface area (Å²) in [4.78, 5) is 4.37. The highest BCUT2D eigenvalue weighted by Gasteiger charge is 2.09. The van der Waals surface area contributed by atoms with Gasteiger partial charge in [0.1, 0.15) is 5.75 Å². The van der Waals surface area contributed by atoms with Gasteiger partial charge in [0.2, 0.25) is 5.95 Å². The quantitative estimate of drug-likeness (QED) is 0.780. The number of nitrogens with zero attached hydrogens (tertiary/aromatic N) is 2. The zero-order valence-corrected chi connectivity index (χ0v) is 10.7. The number of anilines is 1. The summed E-state index contributed by atoms with van der Waals surface area (Å²) in [5.41, 5.74) is 8.86. The van der Waals surface area contributed by atoms with Gasteiger partial charge in [-0.2, -0.15) is 0 Å². The Morgan fingerprint density at radius 2 is 2.00 bits per heavy atom. The Morgan fingerprint density at radius 1 is 1.16 bits per heavy atom. The lowest BCUT2D eigenvalue weighted by atomic mass is 10.2. The molecule has 4 heteroatoms. The van der Waals surface area contributed by atoms with Gasteiger partial charge in [0.15, 0.2) is 0 Å². The second-order valence-corrected chi connectivity index (χ2v) is 4.22. The minimum Gasteiger partial charge on any atom is -0.494 e. The molecule has 96 valence electrons. The van der Waals surface area contributed by atoms with Gasteiger partial charge in [0.05, 0.1) is 23.3 Å². The van der Waals surface area contributed by atoms with Crippen molar-refractivity contribution < 1.29 is 4.74 Å². The van der Waals surface area contributed by atoms with Gasteiger partial charge in [-0.05, 0) is 31.2 Å². The number of para-hydroxylation sites is 2. The number of fused-ring (bicyclic) bond motifs is 1. The number of ether oxygens (including phenoxy) is 1. The molecule has 0 atom stereocenters. The van der Waals surface area contributed by atoms with Crippen LogP contribution in [0, 0.1) is 0 Å². The zero-order chi connectivity index (χ0) is 13.2. The molecule has 0 saturated carbocycles. The van der Waals surface area contributed by atoms with Crippen molar-refractivity contribution >= 4 is 17.0 Å². The summed E-state index contributed by atoms with van der Waals surface area (Å²) in [6.07, 6.45) is 0. The van der Waals surface area contributed by atoms with E-state index in [0.717, 1.165) is 22.5 Å². The first-order valence-corrected chi connectivity index (χ1v) is 6.26. The summed E-state index contributed by atoms with van der Waals surface area (Å²) >= 11 is 0. The fraction of sp³-hybridized carbons (Fsp3) is 0.133. The topological polar surface area (TPSA) is 53.1 Å².